The first-order valence-corrected chi connectivity index (χ1v) is 7.60. The van der Waals surface area contributed by atoms with Gasteiger partial charge in [0.15, 0.2) is 0 Å². The van der Waals surface area contributed by atoms with Gasteiger partial charge >= 0.3 is 5.97 Å². The number of ether oxygens (including phenoxy) is 1. The Morgan fingerprint density at radius 3 is 2.75 bits per heavy atom. The second-order valence-electron chi connectivity index (χ2n) is 5.16. The van der Waals surface area contributed by atoms with Crippen LogP contribution in [0.1, 0.15) is 36.6 Å². The first-order chi connectivity index (χ1) is 9.61. The van der Waals surface area contributed by atoms with Crippen molar-refractivity contribution < 1.29 is 14.3 Å². The van der Waals surface area contributed by atoms with Crippen molar-refractivity contribution in [2.75, 3.05) is 13.7 Å². The first-order valence-electron chi connectivity index (χ1n) is 6.72. The molecule has 0 saturated heterocycles. The molecule has 1 atom stereocenters. The SMILES string of the molecule is COC(=O)CC(NC(=O)C1(CN)CCC1)c1cccs1. The fraction of sp³-hybridized carbons (Fsp3) is 0.571. The van der Waals surface area contributed by atoms with Crippen molar-refractivity contribution in [1.29, 1.82) is 0 Å². The van der Waals surface area contributed by atoms with Gasteiger partial charge in [-0.15, -0.1) is 11.3 Å². The predicted octanol–water partition coefficient (Wildman–Crippen LogP) is 1.60. The summed E-state index contributed by atoms with van der Waals surface area (Å²) in [5.74, 6) is -0.382. The summed E-state index contributed by atoms with van der Waals surface area (Å²) < 4.78 is 4.70. The summed E-state index contributed by atoms with van der Waals surface area (Å²) >= 11 is 1.52. The lowest BCUT2D eigenvalue weighted by Gasteiger charge is -2.40. The second kappa shape index (κ2) is 6.37. The van der Waals surface area contributed by atoms with Gasteiger partial charge in [-0.25, -0.2) is 0 Å². The van der Waals surface area contributed by atoms with E-state index in [9.17, 15) is 9.59 Å². The van der Waals surface area contributed by atoms with E-state index in [-0.39, 0.29) is 24.3 Å². The van der Waals surface area contributed by atoms with Gasteiger partial charge in [0, 0.05) is 11.4 Å². The van der Waals surface area contributed by atoms with Crippen LogP contribution in [0.2, 0.25) is 0 Å². The molecule has 5 nitrogen and oxygen atoms in total. The van der Waals surface area contributed by atoms with Crippen molar-refractivity contribution in [3.05, 3.63) is 22.4 Å². The van der Waals surface area contributed by atoms with Crippen LogP contribution in [0.15, 0.2) is 17.5 Å². The van der Waals surface area contributed by atoms with Crippen LogP contribution >= 0.6 is 11.3 Å². The molecule has 1 saturated carbocycles. The van der Waals surface area contributed by atoms with E-state index in [0.717, 1.165) is 24.1 Å². The second-order valence-corrected chi connectivity index (χ2v) is 6.14. The minimum absolute atomic E-state index is 0.0476. The number of hydrogen-bond donors (Lipinski definition) is 2. The molecule has 1 aromatic heterocycles. The van der Waals surface area contributed by atoms with Crippen LogP contribution in [0.25, 0.3) is 0 Å². The average molecular weight is 296 g/mol. The number of nitrogens with two attached hydrogens (primary N) is 1. The Balaban J connectivity index is 2.07. The van der Waals surface area contributed by atoms with E-state index in [1.54, 1.807) is 0 Å². The third kappa shape index (κ3) is 3.02. The molecule has 1 amide bonds. The summed E-state index contributed by atoms with van der Waals surface area (Å²) in [7, 11) is 1.35. The van der Waals surface area contributed by atoms with E-state index in [2.05, 4.69) is 5.32 Å². The molecule has 20 heavy (non-hydrogen) atoms. The summed E-state index contributed by atoms with van der Waals surface area (Å²) in [6.07, 6.45) is 2.82. The monoisotopic (exact) mass is 296 g/mol. The fourth-order valence-corrected chi connectivity index (χ4v) is 3.18. The predicted molar refractivity (Wildman–Crippen MR) is 77.2 cm³/mol. The Labute approximate surface area is 122 Å². The van der Waals surface area contributed by atoms with Crippen LogP contribution in [0.4, 0.5) is 0 Å². The number of methoxy groups -OCH3 is 1. The minimum atomic E-state index is -0.439. The molecular formula is C14H20N2O3S. The van der Waals surface area contributed by atoms with Crippen LogP contribution < -0.4 is 11.1 Å². The van der Waals surface area contributed by atoms with Crippen LogP contribution in [-0.2, 0) is 14.3 Å². The van der Waals surface area contributed by atoms with Crippen LogP contribution in [-0.4, -0.2) is 25.5 Å². The number of nitrogens with one attached hydrogen (secondary N) is 1. The zero-order valence-corrected chi connectivity index (χ0v) is 12.4. The molecule has 3 N–H and O–H groups in total. The van der Waals surface area contributed by atoms with Crippen molar-refractivity contribution in [2.45, 2.75) is 31.7 Å². The lowest BCUT2D eigenvalue weighted by atomic mass is 9.68. The van der Waals surface area contributed by atoms with Gasteiger partial charge in [-0.2, -0.15) is 0 Å². The summed E-state index contributed by atoms with van der Waals surface area (Å²) in [5.41, 5.74) is 5.30. The molecule has 1 aromatic rings. The number of hydrogen-bond acceptors (Lipinski definition) is 5. The Morgan fingerprint density at radius 2 is 2.30 bits per heavy atom. The van der Waals surface area contributed by atoms with Gasteiger partial charge in [0.25, 0.3) is 0 Å². The zero-order chi connectivity index (χ0) is 14.6. The maximum Gasteiger partial charge on any atom is 0.307 e. The van der Waals surface area contributed by atoms with Gasteiger partial charge in [-0.3, -0.25) is 9.59 Å². The number of esters is 1. The largest absolute Gasteiger partial charge is 0.469 e. The van der Waals surface area contributed by atoms with E-state index in [0.29, 0.717) is 6.54 Å². The number of thiophene rings is 1. The normalized spacial score (nSPS) is 17.9. The molecule has 1 heterocycles. The number of carbonyl (C=O) groups excluding carboxylic acids is 2. The third-order valence-corrected chi connectivity index (χ3v) is 4.96. The molecule has 1 aliphatic rings. The molecule has 1 fully saturated rings. The minimum Gasteiger partial charge on any atom is -0.469 e. The third-order valence-electron chi connectivity index (χ3n) is 3.97. The lowest BCUT2D eigenvalue weighted by molar-refractivity contribution is -0.142. The maximum absolute atomic E-state index is 12.4. The van der Waals surface area contributed by atoms with Gasteiger partial charge in [0.05, 0.1) is 25.0 Å². The fourth-order valence-electron chi connectivity index (χ4n) is 2.40. The molecule has 0 bridgehead atoms. The standard InChI is InChI=1S/C14H20N2O3S/c1-19-12(17)8-10(11-4-2-7-20-11)16-13(18)14(9-15)5-3-6-14/h2,4,7,10H,3,5-6,8-9,15H2,1H3,(H,16,18). The summed E-state index contributed by atoms with van der Waals surface area (Å²) in [5, 5.41) is 4.89. The molecule has 2 rings (SSSR count). The molecule has 0 spiro atoms. The molecule has 1 unspecified atom stereocenters. The van der Waals surface area contributed by atoms with Gasteiger partial charge in [0.1, 0.15) is 0 Å². The average Bonchev–Trinajstić information content (AvgIpc) is 2.91. The van der Waals surface area contributed by atoms with Crippen LogP contribution in [0.3, 0.4) is 0 Å². The Morgan fingerprint density at radius 1 is 1.55 bits per heavy atom. The highest BCUT2D eigenvalue weighted by Crippen LogP contribution is 2.40. The molecule has 1 aliphatic carbocycles. The van der Waals surface area contributed by atoms with E-state index in [4.69, 9.17) is 10.5 Å². The highest BCUT2D eigenvalue weighted by atomic mass is 32.1. The molecule has 0 radical (unpaired) electrons. The highest BCUT2D eigenvalue weighted by Gasteiger charge is 2.43. The highest BCUT2D eigenvalue weighted by molar-refractivity contribution is 7.10. The van der Waals surface area contributed by atoms with E-state index >= 15 is 0 Å². The van der Waals surface area contributed by atoms with Gasteiger partial charge in [-0.05, 0) is 24.3 Å². The summed E-state index contributed by atoms with van der Waals surface area (Å²) in [6, 6.07) is 3.48. The molecule has 110 valence electrons. The lowest BCUT2D eigenvalue weighted by Crippen LogP contribution is -2.51. The van der Waals surface area contributed by atoms with Gasteiger partial charge in [-0.1, -0.05) is 12.5 Å². The molecule has 0 aromatic carbocycles. The number of carbonyl (C=O) groups is 2. The van der Waals surface area contributed by atoms with Crippen LogP contribution in [0.5, 0.6) is 0 Å². The molecule has 0 aliphatic heterocycles. The molecule has 6 heteroatoms. The number of rotatable bonds is 6. The van der Waals surface area contributed by atoms with Crippen molar-refractivity contribution in [2.24, 2.45) is 11.1 Å². The van der Waals surface area contributed by atoms with Gasteiger partial charge in [0.2, 0.25) is 5.91 Å². The van der Waals surface area contributed by atoms with Crippen molar-refractivity contribution >= 4 is 23.2 Å². The van der Waals surface area contributed by atoms with Crippen molar-refractivity contribution in [1.82, 2.24) is 5.32 Å². The van der Waals surface area contributed by atoms with E-state index < -0.39 is 5.41 Å². The van der Waals surface area contributed by atoms with E-state index in [1.165, 1.54) is 18.4 Å². The van der Waals surface area contributed by atoms with Gasteiger partial charge < -0.3 is 15.8 Å². The maximum atomic E-state index is 12.4. The van der Waals surface area contributed by atoms with Crippen LogP contribution in [0, 0.1) is 5.41 Å². The Kier molecular flexibility index (Phi) is 4.77. The zero-order valence-electron chi connectivity index (χ0n) is 11.6. The molecular weight excluding hydrogens is 276 g/mol. The summed E-state index contributed by atoms with van der Waals surface area (Å²) in [6.45, 7) is 0.355. The summed E-state index contributed by atoms with van der Waals surface area (Å²) in [4.78, 5) is 24.9. The topological polar surface area (TPSA) is 81.4 Å². The Bertz CT molecular complexity index is 463. The van der Waals surface area contributed by atoms with Crippen molar-refractivity contribution in [3.63, 3.8) is 0 Å². The smallest absolute Gasteiger partial charge is 0.307 e. The number of amides is 1. The quantitative estimate of drug-likeness (QED) is 0.781. The Hall–Kier alpha value is -1.40. The first kappa shape index (κ1) is 15.0. The van der Waals surface area contributed by atoms with Crippen molar-refractivity contribution in [3.8, 4) is 0 Å². The van der Waals surface area contributed by atoms with E-state index in [1.807, 2.05) is 17.5 Å².